The van der Waals surface area contributed by atoms with Gasteiger partial charge >= 0.3 is 0 Å². The summed E-state index contributed by atoms with van der Waals surface area (Å²) in [6.07, 6.45) is 7.91. The molecule has 4 nitrogen and oxygen atoms in total. The number of benzene rings is 1. The summed E-state index contributed by atoms with van der Waals surface area (Å²) >= 11 is 0. The standard InChI is InChI=1S/C18H27NO3/c1-14(22-17-13-9-8-12-16(17)21-2)18(20)19-15-10-6-4-3-5-7-11-15/h8-9,12-15H,3-7,10-11H2,1-2H3,(H,19,20)/t14-/m0/s1. The topological polar surface area (TPSA) is 47.6 Å². The highest BCUT2D eigenvalue weighted by Crippen LogP contribution is 2.27. The molecule has 0 radical (unpaired) electrons. The first-order valence-electron chi connectivity index (χ1n) is 8.30. The van der Waals surface area contributed by atoms with Crippen molar-refractivity contribution in [2.45, 2.75) is 64.0 Å². The van der Waals surface area contributed by atoms with Gasteiger partial charge in [0.15, 0.2) is 17.6 Å². The second-order valence-electron chi connectivity index (χ2n) is 5.96. The average Bonchev–Trinajstić information content (AvgIpc) is 2.50. The van der Waals surface area contributed by atoms with Crippen LogP contribution in [0.2, 0.25) is 0 Å². The van der Waals surface area contributed by atoms with Gasteiger partial charge in [-0.1, -0.05) is 44.2 Å². The van der Waals surface area contributed by atoms with Gasteiger partial charge in [-0.25, -0.2) is 0 Å². The number of ether oxygens (including phenoxy) is 2. The van der Waals surface area contributed by atoms with Crippen molar-refractivity contribution in [3.63, 3.8) is 0 Å². The Labute approximate surface area is 133 Å². The van der Waals surface area contributed by atoms with E-state index in [-0.39, 0.29) is 11.9 Å². The normalized spacial score (nSPS) is 17.9. The lowest BCUT2D eigenvalue weighted by Gasteiger charge is -2.23. The van der Waals surface area contributed by atoms with Gasteiger partial charge in [0.2, 0.25) is 0 Å². The molecular weight excluding hydrogens is 278 g/mol. The summed E-state index contributed by atoms with van der Waals surface area (Å²) in [5, 5.41) is 3.14. The molecule has 1 aliphatic carbocycles. The van der Waals surface area contributed by atoms with E-state index < -0.39 is 6.10 Å². The molecule has 2 rings (SSSR count). The first kappa shape index (κ1) is 16.7. The zero-order chi connectivity index (χ0) is 15.8. The van der Waals surface area contributed by atoms with Gasteiger partial charge < -0.3 is 14.8 Å². The number of para-hydroxylation sites is 2. The molecule has 0 aromatic heterocycles. The lowest BCUT2D eigenvalue weighted by molar-refractivity contribution is -0.128. The number of rotatable bonds is 5. The van der Waals surface area contributed by atoms with E-state index in [0.717, 1.165) is 12.8 Å². The summed E-state index contributed by atoms with van der Waals surface area (Å²) in [5.41, 5.74) is 0. The third-order valence-electron chi connectivity index (χ3n) is 4.19. The van der Waals surface area contributed by atoms with E-state index >= 15 is 0 Å². The van der Waals surface area contributed by atoms with E-state index in [4.69, 9.17) is 9.47 Å². The van der Waals surface area contributed by atoms with Crippen LogP contribution in [-0.4, -0.2) is 25.2 Å². The molecule has 1 atom stereocenters. The van der Waals surface area contributed by atoms with Crippen LogP contribution in [0.5, 0.6) is 11.5 Å². The van der Waals surface area contributed by atoms with Crippen molar-refractivity contribution in [2.75, 3.05) is 7.11 Å². The van der Waals surface area contributed by atoms with Crippen molar-refractivity contribution in [3.8, 4) is 11.5 Å². The molecule has 0 heterocycles. The first-order chi connectivity index (χ1) is 10.7. The van der Waals surface area contributed by atoms with Gasteiger partial charge in [0.05, 0.1) is 7.11 Å². The number of methoxy groups -OCH3 is 1. The van der Waals surface area contributed by atoms with Crippen LogP contribution in [0.15, 0.2) is 24.3 Å². The third-order valence-corrected chi connectivity index (χ3v) is 4.19. The largest absolute Gasteiger partial charge is 0.493 e. The highest BCUT2D eigenvalue weighted by atomic mass is 16.5. The van der Waals surface area contributed by atoms with E-state index in [1.165, 1.54) is 32.1 Å². The molecule has 0 unspecified atom stereocenters. The Morgan fingerprint density at radius 3 is 2.32 bits per heavy atom. The molecule has 1 aromatic rings. The summed E-state index contributed by atoms with van der Waals surface area (Å²) in [6.45, 7) is 1.78. The van der Waals surface area contributed by atoms with Crippen molar-refractivity contribution in [1.29, 1.82) is 0 Å². The SMILES string of the molecule is COc1ccccc1O[C@@H](C)C(=O)NC1CCCCCCC1. The molecule has 22 heavy (non-hydrogen) atoms. The van der Waals surface area contributed by atoms with Crippen LogP contribution < -0.4 is 14.8 Å². The average molecular weight is 305 g/mol. The molecular formula is C18H27NO3. The number of amides is 1. The molecule has 0 bridgehead atoms. The minimum absolute atomic E-state index is 0.0449. The van der Waals surface area contributed by atoms with E-state index in [9.17, 15) is 4.79 Å². The Bertz CT molecular complexity index is 467. The maximum absolute atomic E-state index is 12.3. The molecule has 1 fully saturated rings. The Balaban J connectivity index is 1.88. The zero-order valence-electron chi connectivity index (χ0n) is 13.6. The summed E-state index contributed by atoms with van der Waals surface area (Å²) in [5.74, 6) is 1.20. The van der Waals surface area contributed by atoms with Gasteiger partial charge in [0, 0.05) is 6.04 Å². The van der Waals surface area contributed by atoms with Crippen molar-refractivity contribution >= 4 is 5.91 Å². The molecule has 0 spiro atoms. The van der Waals surface area contributed by atoms with E-state index in [0.29, 0.717) is 11.5 Å². The fourth-order valence-corrected chi connectivity index (χ4v) is 2.88. The van der Waals surface area contributed by atoms with Crippen molar-refractivity contribution in [2.24, 2.45) is 0 Å². The Hall–Kier alpha value is -1.71. The Morgan fingerprint density at radius 1 is 1.09 bits per heavy atom. The Kier molecular flexibility index (Phi) is 6.56. The second kappa shape index (κ2) is 8.66. The van der Waals surface area contributed by atoms with Crippen LogP contribution in [0.25, 0.3) is 0 Å². The van der Waals surface area contributed by atoms with Crippen molar-refractivity contribution < 1.29 is 14.3 Å². The third kappa shape index (κ3) is 4.93. The van der Waals surface area contributed by atoms with Crippen LogP contribution in [0, 0.1) is 0 Å². The predicted octanol–water partition coefficient (Wildman–Crippen LogP) is 3.69. The molecule has 1 aromatic carbocycles. The number of nitrogens with one attached hydrogen (secondary N) is 1. The fraction of sp³-hybridized carbons (Fsp3) is 0.611. The number of carbonyl (C=O) groups is 1. The Morgan fingerprint density at radius 2 is 1.68 bits per heavy atom. The molecule has 1 saturated carbocycles. The van der Waals surface area contributed by atoms with Crippen LogP contribution >= 0.6 is 0 Å². The summed E-state index contributed by atoms with van der Waals surface area (Å²) in [7, 11) is 1.60. The minimum atomic E-state index is -0.526. The van der Waals surface area contributed by atoms with Gasteiger partial charge in [-0.3, -0.25) is 4.79 Å². The summed E-state index contributed by atoms with van der Waals surface area (Å²) in [4.78, 5) is 12.3. The summed E-state index contributed by atoms with van der Waals surface area (Å²) < 4.78 is 11.0. The van der Waals surface area contributed by atoms with Gasteiger partial charge in [0.25, 0.3) is 5.91 Å². The second-order valence-corrected chi connectivity index (χ2v) is 5.96. The van der Waals surface area contributed by atoms with E-state index in [1.54, 1.807) is 14.0 Å². The molecule has 122 valence electrons. The molecule has 1 aliphatic rings. The first-order valence-corrected chi connectivity index (χ1v) is 8.30. The van der Waals surface area contributed by atoms with Crippen LogP contribution in [-0.2, 0) is 4.79 Å². The predicted molar refractivity (Wildman–Crippen MR) is 87.3 cm³/mol. The maximum atomic E-state index is 12.3. The number of carbonyl (C=O) groups excluding carboxylic acids is 1. The van der Waals surface area contributed by atoms with Crippen molar-refractivity contribution in [1.82, 2.24) is 5.32 Å². The zero-order valence-corrected chi connectivity index (χ0v) is 13.6. The molecule has 4 heteroatoms. The molecule has 0 saturated heterocycles. The van der Waals surface area contributed by atoms with Crippen LogP contribution in [0.3, 0.4) is 0 Å². The molecule has 0 aliphatic heterocycles. The highest BCUT2D eigenvalue weighted by molar-refractivity contribution is 5.81. The maximum Gasteiger partial charge on any atom is 0.260 e. The summed E-state index contributed by atoms with van der Waals surface area (Å²) in [6, 6.07) is 7.69. The lowest BCUT2D eigenvalue weighted by atomic mass is 9.96. The monoisotopic (exact) mass is 305 g/mol. The number of hydrogen-bond acceptors (Lipinski definition) is 3. The van der Waals surface area contributed by atoms with Gasteiger partial charge in [-0.2, -0.15) is 0 Å². The van der Waals surface area contributed by atoms with Crippen molar-refractivity contribution in [3.05, 3.63) is 24.3 Å². The highest BCUT2D eigenvalue weighted by Gasteiger charge is 2.20. The molecule has 1 N–H and O–H groups in total. The van der Waals surface area contributed by atoms with Crippen LogP contribution in [0.4, 0.5) is 0 Å². The lowest BCUT2D eigenvalue weighted by Crippen LogP contribution is -2.42. The molecule has 1 amide bonds. The van der Waals surface area contributed by atoms with Gasteiger partial charge in [-0.15, -0.1) is 0 Å². The van der Waals surface area contributed by atoms with Gasteiger partial charge in [-0.05, 0) is 31.9 Å². The quantitative estimate of drug-likeness (QED) is 0.902. The van der Waals surface area contributed by atoms with Gasteiger partial charge in [0.1, 0.15) is 0 Å². The fourth-order valence-electron chi connectivity index (χ4n) is 2.88. The minimum Gasteiger partial charge on any atom is -0.493 e. The smallest absolute Gasteiger partial charge is 0.260 e. The number of hydrogen-bond donors (Lipinski definition) is 1. The van der Waals surface area contributed by atoms with E-state index in [2.05, 4.69) is 5.32 Å². The van der Waals surface area contributed by atoms with E-state index in [1.807, 2.05) is 24.3 Å². The van der Waals surface area contributed by atoms with Crippen LogP contribution in [0.1, 0.15) is 51.9 Å².